The first-order valence-corrected chi connectivity index (χ1v) is 4.92. The molecule has 0 aliphatic carbocycles. The SMILES string of the molecule is C#CC(CC)NCc1ncc(Cl)n1C. The zero-order chi connectivity index (χ0) is 10.6. The first-order chi connectivity index (χ1) is 6.69. The molecule has 1 unspecified atom stereocenters. The Bertz CT molecular complexity index is 338. The molecule has 0 aromatic carbocycles. The van der Waals surface area contributed by atoms with Crippen molar-refractivity contribution in [2.75, 3.05) is 0 Å². The number of nitrogens with zero attached hydrogens (tertiary/aromatic N) is 2. The van der Waals surface area contributed by atoms with E-state index in [0.717, 1.165) is 12.2 Å². The van der Waals surface area contributed by atoms with Gasteiger partial charge in [-0.1, -0.05) is 24.4 Å². The molecule has 0 bridgehead atoms. The summed E-state index contributed by atoms with van der Waals surface area (Å²) in [7, 11) is 1.88. The van der Waals surface area contributed by atoms with Crippen LogP contribution in [0, 0.1) is 12.3 Å². The molecule has 76 valence electrons. The molecule has 0 spiro atoms. The summed E-state index contributed by atoms with van der Waals surface area (Å²) in [6.45, 7) is 2.69. The van der Waals surface area contributed by atoms with Gasteiger partial charge in [0.15, 0.2) is 0 Å². The zero-order valence-electron chi connectivity index (χ0n) is 8.42. The van der Waals surface area contributed by atoms with E-state index in [-0.39, 0.29) is 6.04 Å². The van der Waals surface area contributed by atoms with Crippen molar-refractivity contribution in [1.82, 2.24) is 14.9 Å². The van der Waals surface area contributed by atoms with Gasteiger partial charge in [-0.25, -0.2) is 4.98 Å². The Kier molecular flexibility index (Phi) is 3.99. The smallest absolute Gasteiger partial charge is 0.128 e. The maximum absolute atomic E-state index is 5.84. The Labute approximate surface area is 89.5 Å². The second-order valence-electron chi connectivity index (χ2n) is 3.06. The molecule has 0 amide bonds. The minimum Gasteiger partial charge on any atom is -0.321 e. The Morgan fingerprint density at radius 2 is 2.50 bits per heavy atom. The quantitative estimate of drug-likeness (QED) is 0.767. The third-order valence-electron chi connectivity index (χ3n) is 2.14. The Morgan fingerprint density at radius 3 is 2.93 bits per heavy atom. The fourth-order valence-corrected chi connectivity index (χ4v) is 1.27. The van der Waals surface area contributed by atoms with Gasteiger partial charge in [-0.05, 0) is 6.42 Å². The summed E-state index contributed by atoms with van der Waals surface area (Å²) in [5, 5.41) is 3.85. The summed E-state index contributed by atoms with van der Waals surface area (Å²) in [5.41, 5.74) is 0. The van der Waals surface area contributed by atoms with Gasteiger partial charge in [-0.2, -0.15) is 0 Å². The summed E-state index contributed by atoms with van der Waals surface area (Å²) >= 11 is 5.84. The number of nitrogens with one attached hydrogen (secondary N) is 1. The number of hydrogen-bond acceptors (Lipinski definition) is 2. The van der Waals surface area contributed by atoms with E-state index in [4.69, 9.17) is 18.0 Å². The molecule has 0 radical (unpaired) electrons. The van der Waals surface area contributed by atoms with Crippen LogP contribution in [0.5, 0.6) is 0 Å². The molecule has 1 heterocycles. The largest absolute Gasteiger partial charge is 0.321 e. The second-order valence-corrected chi connectivity index (χ2v) is 3.45. The molecule has 0 saturated heterocycles. The van der Waals surface area contributed by atoms with E-state index < -0.39 is 0 Å². The van der Waals surface area contributed by atoms with Gasteiger partial charge in [0.2, 0.25) is 0 Å². The number of halogens is 1. The Balaban J connectivity index is 2.54. The summed E-state index contributed by atoms with van der Waals surface area (Å²) in [5.74, 6) is 3.56. The lowest BCUT2D eigenvalue weighted by molar-refractivity contribution is 0.566. The standard InChI is InChI=1S/C10H14ClN3/c1-4-8(5-2)12-7-10-13-6-9(11)14(10)3/h1,6,8,12H,5,7H2,2-3H3. The maximum Gasteiger partial charge on any atom is 0.128 e. The van der Waals surface area contributed by atoms with Crippen LogP contribution in [0.1, 0.15) is 19.2 Å². The van der Waals surface area contributed by atoms with Crippen LogP contribution in [-0.4, -0.2) is 15.6 Å². The van der Waals surface area contributed by atoms with Crippen molar-refractivity contribution < 1.29 is 0 Å². The highest BCUT2D eigenvalue weighted by molar-refractivity contribution is 6.29. The predicted molar refractivity (Wildman–Crippen MR) is 58.0 cm³/mol. The molecule has 1 aromatic heterocycles. The molecule has 1 aromatic rings. The van der Waals surface area contributed by atoms with E-state index in [2.05, 4.69) is 16.2 Å². The molecule has 4 heteroatoms. The van der Waals surface area contributed by atoms with Crippen LogP contribution < -0.4 is 5.32 Å². The molecule has 0 aliphatic rings. The van der Waals surface area contributed by atoms with Crippen LogP contribution in [0.3, 0.4) is 0 Å². The summed E-state index contributed by atoms with van der Waals surface area (Å²) in [6.07, 6.45) is 7.87. The van der Waals surface area contributed by atoms with E-state index in [0.29, 0.717) is 11.7 Å². The van der Waals surface area contributed by atoms with Gasteiger partial charge in [0.05, 0.1) is 18.8 Å². The van der Waals surface area contributed by atoms with Gasteiger partial charge in [-0.3, -0.25) is 5.32 Å². The molecular weight excluding hydrogens is 198 g/mol. The average Bonchev–Trinajstić information content (AvgIpc) is 2.51. The van der Waals surface area contributed by atoms with E-state index in [1.165, 1.54) is 0 Å². The number of aromatic nitrogens is 2. The number of imidazole rings is 1. The van der Waals surface area contributed by atoms with Gasteiger partial charge in [-0.15, -0.1) is 6.42 Å². The summed E-state index contributed by atoms with van der Waals surface area (Å²) in [6, 6.07) is 0.102. The van der Waals surface area contributed by atoms with Crippen molar-refractivity contribution in [3.05, 3.63) is 17.2 Å². The molecule has 0 saturated carbocycles. The van der Waals surface area contributed by atoms with Crippen LogP contribution in [0.4, 0.5) is 0 Å². The van der Waals surface area contributed by atoms with Crippen molar-refractivity contribution in [3.8, 4) is 12.3 Å². The van der Waals surface area contributed by atoms with Crippen LogP contribution in [-0.2, 0) is 13.6 Å². The molecule has 3 nitrogen and oxygen atoms in total. The van der Waals surface area contributed by atoms with Crippen LogP contribution in [0.15, 0.2) is 6.20 Å². The lowest BCUT2D eigenvalue weighted by atomic mass is 10.2. The lowest BCUT2D eigenvalue weighted by Crippen LogP contribution is -2.27. The van der Waals surface area contributed by atoms with E-state index in [1.54, 1.807) is 6.20 Å². The maximum atomic E-state index is 5.84. The van der Waals surface area contributed by atoms with Crippen molar-refractivity contribution in [1.29, 1.82) is 0 Å². The second kappa shape index (κ2) is 5.04. The van der Waals surface area contributed by atoms with Crippen molar-refractivity contribution >= 4 is 11.6 Å². The molecule has 1 rings (SSSR count). The normalized spacial score (nSPS) is 12.4. The van der Waals surface area contributed by atoms with E-state index in [1.807, 2.05) is 18.5 Å². The van der Waals surface area contributed by atoms with Gasteiger partial charge < -0.3 is 4.57 Å². The fraction of sp³-hybridized carbons (Fsp3) is 0.500. The number of rotatable bonds is 4. The summed E-state index contributed by atoms with van der Waals surface area (Å²) in [4.78, 5) is 4.16. The Hall–Kier alpha value is -0.980. The highest BCUT2D eigenvalue weighted by Crippen LogP contribution is 2.08. The molecule has 14 heavy (non-hydrogen) atoms. The first-order valence-electron chi connectivity index (χ1n) is 4.54. The van der Waals surface area contributed by atoms with Crippen molar-refractivity contribution in [2.45, 2.75) is 25.9 Å². The Morgan fingerprint density at radius 1 is 1.79 bits per heavy atom. The molecule has 0 aliphatic heterocycles. The van der Waals surface area contributed by atoms with Gasteiger partial charge in [0.25, 0.3) is 0 Å². The third-order valence-corrected chi connectivity index (χ3v) is 2.49. The zero-order valence-corrected chi connectivity index (χ0v) is 9.17. The third kappa shape index (κ3) is 2.50. The number of terminal acetylenes is 1. The highest BCUT2D eigenvalue weighted by atomic mass is 35.5. The van der Waals surface area contributed by atoms with Crippen molar-refractivity contribution in [3.63, 3.8) is 0 Å². The highest BCUT2D eigenvalue weighted by Gasteiger charge is 2.06. The van der Waals surface area contributed by atoms with Crippen molar-refractivity contribution in [2.24, 2.45) is 7.05 Å². The van der Waals surface area contributed by atoms with Crippen LogP contribution in [0.2, 0.25) is 5.15 Å². The topological polar surface area (TPSA) is 29.9 Å². The monoisotopic (exact) mass is 211 g/mol. The van der Waals surface area contributed by atoms with Crippen LogP contribution in [0.25, 0.3) is 0 Å². The first kappa shape index (κ1) is 11.1. The summed E-state index contributed by atoms with van der Waals surface area (Å²) < 4.78 is 1.83. The molecule has 0 fully saturated rings. The minimum atomic E-state index is 0.102. The molecule has 1 atom stereocenters. The lowest BCUT2D eigenvalue weighted by Gasteiger charge is -2.10. The molecule has 1 N–H and O–H groups in total. The van der Waals surface area contributed by atoms with Crippen LogP contribution >= 0.6 is 11.6 Å². The molecular formula is C10H14ClN3. The van der Waals surface area contributed by atoms with E-state index in [9.17, 15) is 0 Å². The fourth-order valence-electron chi connectivity index (χ4n) is 1.12. The minimum absolute atomic E-state index is 0.102. The average molecular weight is 212 g/mol. The van der Waals surface area contributed by atoms with Gasteiger partial charge >= 0.3 is 0 Å². The van der Waals surface area contributed by atoms with Gasteiger partial charge in [0.1, 0.15) is 11.0 Å². The van der Waals surface area contributed by atoms with Gasteiger partial charge in [0, 0.05) is 7.05 Å². The van der Waals surface area contributed by atoms with E-state index >= 15 is 0 Å². The predicted octanol–water partition coefficient (Wildman–Crippen LogP) is 1.57. The number of hydrogen-bond donors (Lipinski definition) is 1.